The van der Waals surface area contributed by atoms with Gasteiger partial charge < -0.3 is 9.30 Å². The molecule has 0 amide bonds. The summed E-state index contributed by atoms with van der Waals surface area (Å²) in [5.74, 6) is 0.925. The van der Waals surface area contributed by atoms with Gasteiger partial charge in [0.1, 0.15) is 0 Å². The number of hydrogen-bond donors (Lipinski definition) is 0. The number of benzene rings is 1. The molecule has 0 fully saturated rings. The van der Waals surface area contributed by atoms with Crippen LogP contribution in [0, 0.1) is 13.8 Å². The van der Waals surface area contributed by atoms with Gasteiger partial charge in [0, 0.05) is 27.5 Å². The molecule has 0 saturated carbocycles. The molecule has 3 aromatic heterocycles. The normalized spacial score (nSPS) is 11.5. The van der Waals surface area contributed by atoms with Crippen molar-refractivity contribution in [3.8, 4) is 17.1 Å². The maximum absolute atomic E-state index is 6.41. The minimum Gasteiger partial charge on any atom is -0.480 e. The molecule has 0 aliphatic heterocycles. The zero-order valence-corrected chi connectivity index (χ0v) is 19.8. The summed E-state index contributed by atoms with van der Waals surface area (Å²) in [6, 6.07) is 11.8. The van der Waals surface area contributed by atoms with Crippen molar-refractivity contribution in [1.29, 1.82) is 0 Å². The fourth-order valence-electron chi connectivity index (χ4n) is 3.84. The number of fused-ring (bicyclic) bond motifs is 1. The van der Waals surface area contributed by atoms with Crippen molar-refractivity contribution in [2.24, 2.45) is 0 Å². The Bertz CT molecular complexity index is 1260. The van der Waals surface area contributed by atoms with E-state index in [1.165, 1.54) is 0 Å². The van der Waals surface area contributed by atoms with Crippen molar-refractivity contribution in [2.75, 3.05) is 7.11 Å². The Hall–Kier alpha value is -2.56. The van der Waals surface area contributed by atoms with E-state index in [0.717, 1.165) is 44.7 Å². The molecule has 4 aromatic rings. The number of aryl methyl sites for hydroxylation is 2. The van der Waals surface area contributed by atoms with Gasteiger partial charge in [0.05, 0.1) is 35.9 Å². The van der Waals surface area contributed by atoms with E-state index in [1.54, 1.807) is 7.11 Å². The van der Waals surface area contributed by atoms with Crippen LogP contribution in [0.3, 0.4) is 0 Å². The summed E-state index contributed by atoms with van der Waals surface area (Å²) in [6.45, 7) is 8.95. The third-order valence-electron chi connectivity index (χ3n) is 5.54. The number of nitrogens with zero attached hydrogens (tertiary/aromatic N) is 3. The van der Waals surface area contributed by atoms with Gasteiger partial charge in [-0.05, 0) is 61.2 Å². The molecule has 4 nitrogen and oxygen atoms in total. The van der Waals surface area contributed by atoms with Crippen molar-refractivity contribution in [1.82, 2.24) is 14.5 Å². The number of hydrogen-bond acceptors (Lipinski definition) is 3. The van der Waals surface area contributed by atoms with Crippen LogP contribution in [0.5, 0.6) is 5.88 Å². The Morgan fingerprint density at radius 3 is 2.35 bits per heavy atom. The average Bonchev–Trinajstić information content (AvgIpc) is 3.04. The fraction of sp³-hybridized carbons (Fsp3) is 0.280. The molecule has 0 spiro atoms. The highest BCUT2D eigenvalue weighted by atomic mass is 35.5. The first kappa shape index (κ1) is 21.7. The quantitative estimate of drug-likeness (QED) is 0.320. The molecule has 4 rings (SSSR count). The number of rotatable bonds is 5. The van der Waals surface area contributed by atoms with E-state index in [9.17, 15) is 0 Å². The van der Waals surface area contributed by atoms with Gasteiger partial charge in [-0.2, -0.15) is 0 Å². The standard InChI is InChI=1S/C25H25Cl2N3O/c1-14(2)21-10-9-17(25(28-21)31-5)23-15(3)11-22-24(29-23)16(4)12-30(22)13-18-19(26)7-6-8-20(18)27/h6-12,14H,13H2,1-5H3. The van der Waals surface area contributed by atoms with Crippen LogP contribution in [0.15, 0.2) is 42.6 Å². The monoisotopic (exact) mass is 453 g/mol. The summed E-state index contributed by atoms with van der Waals surface area (Å²) in [5, 5.41) is 1.32. The maximum Gasteiger partial charge on any atom is 0.222 e. The second-order valence-electron chi connectivity index (χ2n) is 8.11. The molecule has 160 valence electrons. The molecule has 0 unspecified atom stereocenters. The molecular formula is C25H25Cl2N3O. The average molecular weight is 454 g/mol. The van der Waals surface area contributed by atoms with Crippen LogP contribution in [0.4, 0.5) is 0 Å². The van der Waals surface area contributed by atoms with Gasteiger partial charge in [-0.15, -0.1) is 0 Å². The molecule has 0 bridgehead atoms. The first-order valence-corrected chi connectivity index (χ1v) is 11.0. The van der Waals surface area contributed by atoms with Gasteiger partial charge >= 0.3 is 0 Å². The van der Waals surface area contributed by atoms with Gasteiger partial charge in [0.15, 0.2) is 0 Å². The van der Waals surface area contributed by atoms with Crippen molar-refractivity contribution < 1.29 is 4.74 Å². The van der Waals surface area contributed by atoms with Crippen LogP contribution < -0.4 is 4.74 Å². The number of halogens is 2. The molecule has 31 heavy (non-hydrogen) atoms. The van der Waals surface area contributed by atoms with E-state index in [1.807, 2.05) is 24.3 Å². The smallest absolute Gasteiger partial charge is 0.222 e. The predicted molar refractivity (Wildman–Crippen MR) is 129 cm³/mol. The van der Waals surface area contributed by atoms with Crippen LogP contribution in [0.2, 0.25) is 10.0 Å². The SMILES string of the molecule is COc1nc(C(C)C)ccc1-c1nc2c(C)cn(Cc3c(Cl)cccc3Cl)c2cc1C. The Labute approximate surface area is 192 Å². The molecule has 0 aliphatic carbocycles. The second kappa shape index (κ2) is 8.52. The van der Waals surface area contributed by atoms with Crippen molar-refractivity contribution in [2.45, 2.75) is 40.2 Å². The number of aromatic nitrogens is 3. The van der Waals surface area contributed by atoms with Crippen LogP contribution in [0.1, 0.15) is 42.1 Å². The van der Waals surface area contributed by atoms with Crippen molar-refractivity contribution in [3.05, 3.63) is 75.0 Å². The molecule has 0 saturated heterocycles. The zero-order valence-electron chi connectivity index (χ0n) is 18.3. The first-order chi connectivity index (χ1) is 14.8. The lowest BCUT2D eigenvalue weighted by atomic mass is 10.0. The van der Waals surface area contributed by atoms with Crippen LogP contribution in [-0.2, 0) is 6.54 Å². The van der Waals surface area contributed by atoms with Crippen molar-refractivity contribution >= 4 is 34.2 Å². The van der Waals surface area contributed by atoms with Crippen molar-refractivity contribution in [3.63, 3.8) is 0 Å². The van der Waals surface area contributed by atoms with E-state index in [-0.39, 0.29) is 0 Å². The topological polar surface area (TPSA) is 39.9 Å². The summed E-state index contributed by atoms with van der Waals surface area (Å²) in [4.78, 5) is 9.72. The van der Waals surface area contributed by atoms with Crippen LogP contribution in [0.25, 0.3) is 22.3 Å². The largest absolute Gasteiger partial charge is 0.480 e. The number of pyridine rings is 2. The molecule has 0 aliphatic rings. The highest BCUT2D eigenvalue weighted by Crippen LogP contribution is 2.34. The van der Waals surface area contributed by atoms with Gasteiger partial charge in [-0.3, -0.25) is 0 Å². The van der Waals surface area contributed by atoms with Crippen LogP contribution >= 0.6 is 23.2 Å². The Balaban J connectivity index is 1.83. The minimum absolute atomic E-state index is 0.326. The lowest BCUT2D eigenvalue weighted by Crippen LogP contribution is -2.02. The molecule has 0 N–H and O–H groups in total. The third kappa shape index (κ3) is 4.02. The minimum atomic E-state index is 0.326. The zero-order chi connectivity index (χ0) is 22.3. The molecule has 0 atom stereocenters. The number of methoxy groups -OCH3 is 1. The highest BCUT2D eigenvalue weighted by molar-refractivity contribution is 6.36. The Morgan fingerprint density at radius 2 is 1.71 bits per heavy atom. The maximum atomic E-state index is 6.41. The van der Waals surface area contributed by atoms with Gasteiger partial charge in [-0.1, -0.05) is 43.1 Å². The highest BCUT2D eigenvalue weighted by Gasteiger charge is 2.18. The van der Waals surface area contributed by atoms with Gasteiger partial charge in [-0.25, -0.2) is 9.97 Å². The Kier molecular flexibility index (Phi) is 5.96. The Morgan fingerprint density at radius 1 is 1.00 bits per heavy atom. The second-order valence-corrected chi connectivity index (χ2v) is 8.92. The van der Waals surface area contributed by atoms with E-state index in [4.69, 9.17) is 37.9 Å². The molecule has 1 aromatic carbocycles. The lowest BCUT2D eigenvalue weighted by molar-refractivity contribution is 0.397. The lowest BCUT2D eigenvalue weighted by Gasteiger charge is -2.14. The number of ether oxygens (including phenoxy) is 1. The fourth-order valence-corrected chi connectivity index (χ4v) is 4.36. The molecule has 0 radical (unpaired) electrons. The molecule has 6 heteroatoms. The summed E-state index contributed by atoms with van der Waals surface area (Å²) < 4.78 is 7.76. The summed E-state index contributed by atoms with van der Waals surface area (Å²) >= 11 is 12.8. The van der Waals surface area contributed by atoms with E-state index in [0.29, 0.717) is 28.4 Å². The summed E-state index contributed by atoms with van der Waals surface area (Å²) in [6.07, 6.45) is 2.10. The first-order valence-electron chi connectivity index (χ1n) is 10.3. The third-order valence-corrected chi connectivity index (χ3v) is 6.25. The van der Waals surface area contributed by atoms with E-state index in [2.05, 4.69) is 50.6 Å². The van der Waals surface area contributed by atoms with Gasteiger partial charge in [0.2, 0.25) is 5.88 Å². The molecular weight excluding hydrogens is 429 g/mol. The van der Waals surface area contributed by atoms with E-state index >= 15 is 0 Å². The predicted octanol–water partition coefficient (Wildman–Crippen LogP) is 7.20. The van der Waals surface area contributed by atoms with E-state index < -0.39 is 0 Å². The molecule has 3 heterocycles. The summed E-state index contributed by atoms with van der Waals surface area (Å²) in [7, 11) is 1.65. The summed E-state index contributed by atoms with van der Waals surface area (Å²) in [5.41, 5.74) is 7.80. The van der Waals surface area contributed by atoms with Crippen LogP contribution in [-0.4, -0.2) is 21.6 Å². The van der Waals surface area contributed by atoms with Gasteiger partial charge in [0.25, 0.3) is 0 Å².